The van der Waals surface area contributed by atoms with Crippen LogP contribution in [0.15, 0.2) is 53.7 Å². The summed E-state index contributed by atoms with van der Waals surface area (Å²) in [4.78, 5) is 12.4. The number of halogens is 1. The van der Waals surface area contributed by atoms with Crippen molar-refractivity contribution in [1.29, 1.82) is 0 Å². The third kappa shape index (κ3) is 4.78. The monoisotopic (exact) mass is 398 g/mol. The zero-order chi connectivity index (χ0) is 20.1. The largest absolute Gasteiger partial charge is 0.349 e. The highest BCUT2D eigenvalue weighted by Gasteiger charge is 2.16. The van der Waals surface area contributed by atoms with E-state index in [0.717, 1.165) is 17.5 Å². The molecule has 0 unspecified atom stereocenters. The lowest BCUT2D eigenvalue weighted by Gasteiger charge is -2.17. The molecule has 1 aromatic heterocycles. The van der Waals surface area contributed by atoms with Crippen LogP contribution in [0.4, 0.5) is 4.39 Å². The van der Waals surface area contributed by atoms with Gasteiger partial charge in [0.05, 0.1) is 11.8 Å². The first-order valence-corrected chi connectivity index (χ1v) is 10.1. The van der Waals surface area contributed by atoms with Crippen molar-refractivity contribution in [2.45, 2.75) is 31.5 Å². The van der Waals surface area contributed by atoms with Gasteiger partial charge in [0, 0.05) is 12.6 Å². The third-order valence-corrected chi connectivity index (χ3v) is 5.51. The molecule has 3 rings (SSSR count). The van der Waals surface area contributed by atoms with Crippen LogP contribution in [-0.2, 0) is 11.8 Å². The van der Waals surface area contributed by atoms with E-state index in [2.05, 4.69) is 46.7 Å². The molecule has 1 amide bonds. The van der Waals surface area contributed by atoms with Gasteiger partial charge in [0.1, 0.15) is 5.82 Å². The lowest BCUT2D eigenvalue weighted by molar-refractivity contribution is -0.119. The summed E-state index contributed by atoms with van der Waals surface area (Å²) in [7, 11) is 1.83. The Hall–Kier alpha value is -2.67. The van der Waals surface area contributed by atoms with Gasteiger partial charge in [-0.15, -0.1) is 10.2 Å². The summed E-state index contributed by atoms with van der Waals surface area (Å²) in [5.41, 5.74) is 3.07. The first-order valence-electron chi connectivity index (χ1n) is 9.12. The van der Waals surface area contributed by atoms with Gasteiger partial charge in [-0.1, -0.05) is 48.5 Å². The maximum absolute atomic E-state index is 13.1. The molecule has 1 heterocycles. The first-order chi connectivity index (χ1) is 13.5. The van der Waals surface area contributed by atoms with E-state index >= 15 is 0 Å². The summed E-state index contributed by atoms with van der Waals surface area (Å²) in [5, 5.41) is 12.0. The molecule has 1 atom stereocenters. The van der Waals surface area contributed by atoms with Gasteiger partial charge in [-0.05, 0) is 43.2 Å². The van der Waals surface area contributed by atoms with E-state index in [1.165, 1.54) is 29.5 Å². The summed E-state index contributed by atoms with van der Waals surface area (Å²) in [6.07, 6.45) is 0.818. The maximum atomic E-state index is 13.1. The highest BCUT2D eigenvalue weighted by Crippen LogP contribution is 2.23. The molecule has 2 aromatic carbocycles. The average molecular weight is 399 g/mol. The molecule has 0 fully saturated rings. The quantitative estimate of drug-likeness (QED) is 0.603. The summed E-state index contributed by atoms with van der Waals surface area (Å²) < 4.78 is 14.9. The Morgan fingerprint density at radius 2 is 1.82 bits per heavy atom. The maximum Gasteiger partial charge on any atom is 0.230 e. The zero-order valence-corrected chi connectivity index (χ0v) is 17.0. The molecule has 0 spiro atoms. The molecule has 0 aliphatic carbocycles. The van der Waals surface area contributed by atoms with Crippen LogP contribution in [-0.4, -0.2) is 26.4 Å². The van der Waals surface area contributed by atoms with Crippen molar-refractivity contribution in [2.24, 2.45) is 7.05 Å². The van der Waals surface area contributed by atoms with Crippen molar-refractivity contribution in [1.82, 2.24) is 20.1 Å². The fraction of sp³-hybridized carbons (Fsp3) is 0.286. The predicted octanol–water partition coefficient (Wildman–Crippen LogP) is 4.29. The number of carbonyl (C=O) groups is 1. The van der Waals surface area contributed by atoms with E-state index in [1.807, 2.05) is 18.5 Å². The summed E-state index contributed by atoms with van der Waals surface area (Å²) in [5.74, 6) is 0.534. The van der Waals surface area contributed by atoms with Crippen LogP contribution in [0.2, 0.25) is 0 Å². The number of aromatic nitrogens is 3. The van der Waals surface area contributed by atoms with Crippen LogP contribution < -0.4 is 5.32 Å². The number of nitrogens with zero attached hydrogens (tertiary/aromatic N) is 3. The number of amides is 1. The number of aryl methyl sites for hydroxylation is 1. The second kappa shape index (κ2) is 9.01. The van der Waals surface area contributed by atoms with Crippen LogP contribution in [0, 0.1) is 12.7 Å². The topological polar surface area (TPSA) is 59.8 Å². The SMILES string of the molecule is CC[C@H](NC(=O)CSc1nnc(-c2ccc(F)cc2)n1C)c1ccc(C)cc1. The van der Waals surface area contributed by atoms with E-state index in [1.54, 1.807) is 12.1 Å². The number of rotatable bonds is 7. The van der Waals surface area contributed by atoms with Crippen LogP contribution in [0.25, 0.3) is 11.4 Å². The van der Waals surface area contributed by atoms with Crippen molar-refractivity contribution in [3.8, 4) is 11.4 Å². The Labute approximate surface area is 168 Å². The lowest BCUT2D eigenvalue weighted by Crippen LogP contribution is -2.29. The highest BCUT2D eigenvalue weighted by molar-refractivity contribution is 7.99. The normalized spacial score (nSPS) is 12.0. The lowest BCUT2D eigenvalue weighted by atomic mass is 10.0. The molecule has 146 valence electrons. The van der Waals surface area contributed by atoms with Gasteiger partial charge in [0.25, 0.3) is 0 Å². The summed E-state index contributed by atoms with van der Waals surface area (Å²) in [6.45, 7) is 4.09. The Kier molecular flexibility index (Phi) is 6.46. The van der Waals surface area contributed by atoms with Gasteiger partial charge < -0.3 is 9.88 Å². The Morgan fingerprint density at radius 1 is 1.14 bits per heavy atom. The van der Waals surface area contributed by atoms with Gasteiger partial charge in [0.15, 0.2) is 11.0 Å². The zero-order valence-electron chi connectivity index (χ0n) is 16.1. The van der Waals surface area contributed by atoms with E-state index in [0.29, 0.717) is 11.0 Å². The van der Waals surface area contributed by atoms with Gasteiger partial charge in [-0.3, -0.25) is 4.79 Å². The Balaban J connectivity index is 1.61. The minimum Gasteiger partial charge on any atom is -0.349 e. The summed E-state index contributed by atoms with van der Waals surface area (Å²) in [6, 6.07) is 14.3. The highest BCUT2D eigenvalue weighted by atomic mass is 32.2. The molecule has 3 aromatic rings. The number of hydrogen-bond donors (Lipinski definition) is 1. The molecule has 0 bridgehead atoms. The number of benzene rings is 2. The van der Waals surface area contributed by atoms with E-state index < -0.39 is 0 Å². The fourth-order valence-electron chi connectivity index (χ4n) is 2.88. The second-order valence-corrected chi connectivity index (χ2v) is 7.54. The van der Waals surface area contributed by atoms with Crippen LogP contribution in [0.3, 0.4) is 0 Å². The predicted molar refractivity (Wildman–Crippen MR) is 109 cm³/mol. The van der Waals surface area contributed by atoms with Crippen molar-refractivity contribution in [3.63, 3.8) is 0 Å². The molecule has 0 saturated carbocycles. The molecule has 0 aliphatic heterocycles. The van der Waals surface area contributed by atoms with Crippen molar-refractivity contribution in [2.75, 3.05) is 5.75 Å². The number of hydrogen-bond acceptors (Lipinski definition) is 4. The molecular weight excluding hydrogens is 375 g/mol. The minimum absolute atomic E-state index is 0.0111. The van der Waals surface area contributed by atoms with Crippen LogP contribution in [0.5, 0.6) is 0 Å². The Morgan fingerprint density at radius 3 is 2.46 bits per heavy atom. The summed E-state index contributed by atoms with van der Waals surface area (Å²) >= 11 is 1.33. The molecular formula is C21H23FN4OS. The molecule has 28 heavy (non-hydrogen) atoms. The Bertz CT molecular complexity index is 938. The standard InChI is InChI=1S/C21H23FN4OS/c1-4-18(15-7-5-14(2)6-8-15)23-19(27)13-28-21-25-24-20(26(21)3)16-9-11-17(22)12-10-16/h5-12,18H,4,13H2,1-3H3,(H,23,27)/t18-/m0/s1. The third-order valence-electron chi connectivity index (χ3n) is 4.49. The molecule has 0 aliphatic rings. The smallest absolute Gasteiger partial charge is 0.230 e. The number of carbonyl (C=O) groups excluding carboxylic acids is 1. The van der Waals surface area contributed by atoms with Gasteiger partial charge >= 0.3 is 0 Å². The van der Waals surface area contributed by atoms with Crippen molar-refractivity contribution < 1.29 is 9.18 Å². The molecule has 5 nitrogen and oxygen atoms in total. The molecule has 0 saturated heterocycles. The minimum atomic E-state index is -0.295. The van der Waals surface area contributed by atoms with Crippen molar-refractivity contribution in [3.05, 3.63) is 65.5 Å². The second-order valence-electron chi connectivity index (χ2n) is 6.60. The van der Waals surface area contributed by atoms with Gasteiger partial charge in [-0.2, -0.15) is 0 Å². The van der Waals surface area contributed by atoms with Crippen molar-refractivity contribution >= 4 is 17.7 Å². The fourth-order valence-corrected chi connectivity index (χ4v) is 3.60. The molecule has 7 heteroatoms. The average Bonchev–Trinajstić information content (AvgIpc) is 3.06. The number of nitrogens with one attached hydrogen (secondary N) is 1. The van der Waals surface area contributed by atoms with Crippen LogP contribution in [0.1, 0.15) is 30.5 Å². The van der Waals surface area contributed by atoms with Gasteiger partial charge in [0.2, 0.25) is 5.91 Å². The van der Waals surface area contributed by atoms with E-state index in [9.17, 15) is 9.18 Å². The van der Waals surface area contributed by atoms with E-state index in [4.69, 9.17) is 0 Å². The van der Waals surface area contributed by atoms with Crippen LogP contribution >= 0.6 is 11.8 Å². The van der Waals surface area contributed by atoms with Gasteiger partial charge in [-0.25, -0.2) is 4.39 Å². The molecule has 0 radical (unpaired) electrons. The number of thioether (sulfide) groups is 1. The molecule has 1 N–H and O–H groups in total. The first kappa shape index (κ1) is 20.1. The van der Waals surface area contributed by atoms with E-state index in [-0.39, 0.29) is 23.5 Å².